The molecule has 0 bridgehead atoms. The van der Waals surface area contributed by atoms with Crippen molar-refractivity contribution in [2.75, 3.05) is 24.9 Å². The molecule has 0 unspecified atom stereocenters. The van der Waals surface area contributed by atoms with Gasteiger partial charge in [0, 0.05) is 18.0 Å². The lowest BCUT2D eigenvalue weighted by atomic mass is 10.2. The Morgan fingerprint density at radius 3 is 2.54 bits per heavy atom. The summed E-state index contributed by atoms with van der Waals surface area (Å²) in [5, 5.41) is 5.84. The van der Waals surface area contributed by atoms with Gasteiger partial charge in [0.15, 0.2) is 0 Å². The van der Waals surface area contributed by atoms with Crippen LogP contribution in [-0.2, 0) is 0 Å². The van der Waals surface area contributed by atoms with Gasteiger partial charge in [0.2, 0.25) is 5.95 Å². The van der Waals surface area contributed by atoms with Gasteiger partial charge in [0.1, 0.15) is 17.2 Å². The zero-order chi connectivity index (χ0) is 18.4. The van der Waals surface area contributed by atoms with Crippen molar-refractivity contribution in [2.24, 2.45) is 0 Å². The summed E-state index contributed by atoms with van der Waals surface area (Å²) in [6.07, 6.45) is 1.52. The molecule has 26 heavy (non-hydrogen) atoms. The van der Waals surface area contributed by atoms with Crippen LogP contribution in [-0.4, -0.2) is 30.1 Å². The Kier molecular flexibility index (Phi) is 5.28. The number of ether oxygens (including phenoxy) is 2. The van der Waals surface area contributed by atoms with E-state index in [1.807, 2.05) is 18.2 Å². The highest BCUT2D eigenvalue weighted by molar-refractivity contribution is 6.02. The lowest BCUT2D eigenvalue weighted by molar-refractivity contribution is 0.102. The van der Waals surface area contributed by atoms with Crippen LogP contribution in [0.15, 0.2) is 60.8 Å². The van der Waals surface area contributed by atoms with E-state index in [4.69, 9.17) is 9.47 Å². The summed E-state index contributed by atoms with van der Waals surface area (Å²) < 4.78 is 10.5. The first kappa shape index (κ1) is 17.2. The summed E-state index contributed by atoms with van der Waals surface area (Å²) >= 11 is 0. The number of nitrogens with one attached hydrogen (secondary N) is 2. The van der Waals surface area contributed by atoms with E-state index >= 15 is 0 Å². The average Bonchev–Trinajstić information content (AvgIpc) is 2.69. The number of hydrogen-bond acceptors (Lipinski definition) is 6. The highest BCUT2D eigenvalue weighted by Gasteiger charge is 2.11. The third-order valence-electron chi connectivity index (χ3n) is 3.58. The third-order valence-corrected chi connectivity index (χ3v) is 3.58. The molecule has 1 amide bonds. The molecule has 0 spiro atoms. The van der Waals surface area contributed by atoms with Crippen molar-refractivity contribution < 1.29 is 14.3 Å². The van der Waals surface area contributed by atoms with Crippen LogP contribution < -0.4 is 20.1 Å². The summed E-state index contributed by atoms with van der Waals surface area (Å²) in [4.78, 5) is 20.8. The summed E-state index contributed by atoms with van der Waals surface area (Å²) in [6.45, 7) is 0. The molecule has 7 heteroatoms. The summed E-state index contributed by atoms with van der Waals surface area (Å²) in [5.41, 5.74) is 1.61. The molecule has 2 aromatic carbocycles. The van der Waals surface area contributed by atoms with Crippen molar-refractivity contribution in [3.8, 4) is 11.5 Å². The molecule has 7 nitrogen and oxygen atoms in total. The second-order valence-electron chi connectivity index (χ2n) is 5.28. The minimum absolute atomic E-state index is 0.249. The Hall–Kier alpha value is -3.61. The number of hydrogen-bond donors (Lipinski definition) is 2. The first-order valence-electron chi connectivity index (χ1n) is 7.88. The molecule has 0 aliphatic heterocycles. The fourth-order valence-electron chi connectivity index (χ4n) is 2.28. The SMILES string of the molecule is COc1ccc(Nc2nccc(C(=O)Nc3ccccc3)n2)c(OC)c1. The van der Waals surface area contributed by atoms with Gasteiger partial charge in [-0.1, -0.05) is 18.2 Å². The van der Waals surface area contributed by atoms with Gasteiger partial charge >= 0.3 is 0 Å². The predicted molar refractivity (Wildman–Crippen MR) is 99.3 cm³/mol. The molecule has 0 aliphatic rings. The van der Waals surface area contributed by atoms with E-state index in [0.717, 1.165) is 0 Å². The smallest absolute Gasteiger partial charge is 0.274 e. The molecular weight excluding hydrogens is 332 g/mol. The van der Waals surface area contributed by atoms with Gasteiger partial charge in [-0.05, 0) is 30.3 Å². The number of aromatic nitrogens is 2. The van der Waals surface area contributed by atoms with Crippen LogP contribution in [0.2, 0.25) is 0 Å². The van der Waals surface area contributed by atoms with Gasteiger partial charge < -0.3 is 20.1 Å². The van der Waals surface area contributed by atoms with Gasteiger partial charge in [0.05, 0.1) is 19.9 Å². The van der Waals surface area contributed by atoms with Crippen LogP contribution >= 0.6 is 0 Å². The molecule has 1 aromatic heterocycles. The summed E-state index contributed by atoms with van der Waals surface area (Å²) in [6, 6.07) is 16.1. The van der Waals surface area contributed by atoms with Crippen LogP contribution in [0.25, 0.3) is 0 Å². The first-order valence-corrected chi connectivity index (χ1v) is 7.88. The number of nitrogens with zero attached hydrogens (tertiary/aromatic N) is 2. The second-order valence-corrected chi connectivity index (χ2v) is 5.28. The minimum atomic E-state index is -0.316. The van der Waals surface area contributed by atoms with Crippen LogP contribution in [0.4, 0.5) is 17.3 Å². The predicted octanol–water partition coefficient (Wildman–Crippen LogP) is 3.49. The number of carbonyl (C=O) groups is 1. The molecule has 3 aromatic rings. The van der Waals surface area contributed by atoms with E-state index in [-0.39, 0.29) is 17.5 Å². The van der Waals surface area contributed by atoms with E-state index in [9.17, 15) is 4.79 Å². The van der Waals surface area contributed by atoms with Crippen LogP contribution in [0, 0.1) is 0 Å². The Morgan fingerprint density at radius 1 is 1.00 bits per heavy atom. The number of anilines is 3. The van der Waals surface area contributed by atoms with Crippen molar-refractivity contribution in [3.05, 3.63) is 66.5 Å². The lowest BCUT2D eigenvalue weighted by Gasteiger charge is -2.12. The van der Waals surface area contributed by atoms with Crippen molar-refractivity contribution in [2.45, 2.75) is 0 Å². The van der Waals surface area contributed by atoms with E-state index in [2.05, 4.69) is 20.6 Å². The highest BCUT2D eigenvalue weighted by atomic mass is 16.5. The van der Waals surface area contributed by atoms with E-state index in [0.29, 0.717) is 22.9 Å². The van der Waals surface area contributed by atoms with Crippen LogP contribution in [0.5, 0.6) is 11.5 Å². The van der Waals surface area contributed by atoms with Crippen molar-refractivity contribution in [1.82, 2.24) is 9.97 Å². The maximum absolute atomic E-state index is 12.4. The lowest BCUT2D eigenvalue weighted by Crippen LogP contribution is -2.14. The Morgan fingerprint density at radius 2 is 1.81 bits per heavy atom. The first-order chi connectivity index (χ1) is 12.7. The van der Waals surface area contributed by atoms with Crippen molar-refractivity contribution in [1.29, 1.82) is 0 Å². The number of benzene rings is 2. The molecule has 0 aliphatic carbocycles. The number of amides is 1. The number of carbonyl (C=O) groups excluding carboxylic acids is 1. The molecule has 3 rings (SSSR count). The summed E-state index contributed by atoms with van der Waals surface area (Å²) in [5.74, 6) is 1.22. The zero-order valence-corrected chi connectivity index (χ0v) is 14.4. The van der Waals surface area contributed by atoms with Gasteiger partial charge in [-0.25, -0.2) is 9.97 Å². The van der Waals surface area contributed by atoms with Crippen molar-refractivity contribution >= 4 is 23.2 Å². The molecule has 0 saturated heterocycles. The van der Waals surface area contributed by atoms with Gasteiger partial charge in [-0.3, -0.25) is 4.79 Å². The van der Waals surface area contributed by atoms with E-state index in [1.165, 1.54) is 6.20 Å². The topological polar surface area (TPSA) is 85.4 Å². The van der Waals surface area contributed by atoms with E-state index < -0.39 is 0 Å². The fraction of sp³-hybridized carbons (Fsp3) is 0.105. The number of methoxy groups -OCH3 is 2. The van der Waals surface area contributed by atoms with Gasteiger partial charge in [0.25, 0.3) is 5.91 Å². The van der Waals surface area contributed by atoms with Crippen molar-refractivity contribution in [3.63, 3.8) is 0 Å². The average molecular weight is 350 g/mol. The quantitative estimate of drug-likeness (QED) is 0.708. The summed E-state index contributed by atoms with van der Waals surface area (Å²) in [7, 11) is 3.14. The Bertz CT molecular complexity index is 900. The molecule has 0 atom stereocenters. The number of rotatable bonds is 6. The molecular formula is C19H18N4O3. The minimum Gasteiger partial charge on any atom is -0.497 e. The Balaban J connectivity index is 1.78. The standard InChI is InChI=1S/C19H18N4O3/c1-25-14-8-9-15(17(12-14)26-2)22-19-20-11-10-16(23-19)18(24)21-13-6-4-3-5-7-13/h3-12H,1-2H3,(H,21,24)(H,20,22,23). The highest BCUT2D eigenvalue weighted by Crippen LogP contribution is 2.30. The third kappa shape index (κ3) is 4.07. The molecule has 0 fully saturated rings. The van der Waals surface area contributed by atoms with Gasteiger partial charge in [-0.15, -0.1) is 0 Å². The van der Waals surface area contributed by atoms with E-state index in [1.54, 1.807) is 50.6 Å². The molecule has 2 N–H and O–H groups in total. The monoisotopic (exact) mass is 350 g/mol. The van der Waals surface area contributed by atoms with Crippen LogP contribution in [0.1, 0.15) is 10.5 Å². The maximum Gasteiger partial charge on any atom is 0.274 e. The van der Waals surface area contributed by atoms with Gasteiger partial charge in [-0.2, -0.15) is 0 Å². The van der Waals surface area contributed by atoms with Crippen LogP contribution in [0.3, 0.4) is 0 Å². The number of para-hydroxylation sites is 1. The largest absolute Gasteiger partial charge is 0.497 e. The molecule has 0 radical (unpaired) electrons. The fourth-order valence-corrected chi connectivity index (χ4v) is 2.28. The normalized spacial score (nSPS) is 10.1. The molecule has 0 saturated carbocycles. The maximum atomic E-state index is 12.4. The molecule has 1 heterocycles. The second kappa shape index (κ2) is 7.98. The zero-order valence-electron chi connectivity index (χ0n) is 14.4. The Labute approximate surface area is 151 Å². The molecule has 132 valence electrons.